The third-order valence-corrected chi connectivity index (χ3v) is 4.20. The third-order valence-electron chi connectivity index (χ3n) is 4.20. The van der Waals surface area contributed by atoms with E-state index in [9.17, 15) is 14.4 Å². The van der Waals surface area contributed by atoms with Gasteiger partial charge < -0.3 is 26.8 Å². The van der Waals surface area contributed by atoms with E-state index in [0.29, 0.717) is 0 Å². The predicted molar refractivity (Wildman–Crippen MR) is 81.6 cm³/mol. The summed E-state index contributed by atoms with van der Waals surface area (Å²) < 4.78 is 5.70. The van der Waals surface area contributed by atoms with E-state index in [1.165, 1.54) is 0 Å². The van der Waals surface area contributed by atoms with Gasteiger partial charge in [-0.2, -0.15) is 0 Å². The van der Waals surface area contributed by atoms with Gasteiger partial charge in [0.1, 0.15) is 5.72 Å². The molecule has 2 fully saturated rings. The van der Waals surface area contributed by atoms with Crippen molar-refractivity contribution < 1.29 is 19.1 Å². The molecule has 9 nitrogen and oxygen atoms in total. The van der Waals surface area contributed by atoms with Gasteiger partial charge in [-0.15, -0.1) is 0 Å². The molecular weight excluding hydrogens is 302 g/mol. The molecular formula is C14H25N5O4. The molecule has 2 heterocycles. The zero-order valence-electron chi connectivity index (χ0n) is 13.5. The molecule has 1 unspecified atom stereocenters. The van der Waals surface area contributed by atoms with Crippen LogP contribution in [0.1, 0.15) is 33.1 Å². The van der Waals surface area contributed by atoms with Crippen molar-refractivity contribution in [2.45, 2.75) is 57.1 Å². The molecule has 0 aromatic carbocycles. The maximum Gasteiger partial charge on any atom is 0.255 e. The highest BCUT2D eigenvalue weighted by molar-refractivity contribution is 5.88. The average molecular weight is 327 g/mol. The normalized spacial score (nSPS) is 29.0. The molecule has 9 heteroatoms. The van der Waals surface area contributed by atoms with Crippen molar-refractivity contribution >= 4 is 17.7 Å². The van der Waals surface area contributed by atoms with Crippen LogP contribution in [0.5, 0.6) is 0 Å². The summed E-state index contributed by atoms with van der Waals surface area (Å²) in [5.41, 5.74) is 9.85. The number of amides is 3. The lowest BCUT2D eigenvalue weighted by molar-refractivity contribution is -0.170. The van der Waals surface area contributed by atoms with Crippen molar-refractivity contribution in [3.8, 4) is 0 Å². The molecule has 2 aliphatic rings. The van der Waals surface area contributed by atoms with Crippen LogP contribution in [0.2, 0.25) is 0 Å². The molecule has 0 radical (unpaired) electrons. The fourth-order valence-corrected chi connectivity index (χ4v) is 2.96. The molecule has 2 saturated heterocycles. The second-order valence-electron chi connectivity index (χ2n) is 6.43. The van der Waals surface area contributed by atoms with Gasteiger partial charge in [0, 0.05) is 6.42 Å². The summed E-state index contributed by atoms with van der Waals surface area (Å²) in [5, 5.41) is 5.93. The number of primary amides is 1. The lowest BCUT2D eigenvalue weighted by Gasteiger charge is -2.38. The number of rotatable bonds is 4. The van der Waals surface area contributed by atoms with Gasteiger partial charge in [0.2, 0.25) is 11.8 Å². The Morgan fingerprint density at radius 2 is 2.17 bits per heavy atom. The molecule has 3 amide bonds. The van der Waals surface area contributed by atoms with Gasteiger partial charge in [0.25, 0.3) is 5.91 Å². The maximum atomic E-state index is 12.5. The summed E-state index contributed by atoms with van der Waals surface area (Å²) in [6, 6.07) is -0.702. The van der Waals surface area contributed by atoms with E-state index < -0.39 is 23.8 Å². The van der Waals surface area contributed by atoms with Crippen LogP contribution in [-0.4, -0.2) is 59.7 Å². The standard InChI is InChI=1S/C14H25N5O4/c1-14(2)19(11(15)12(16)21)10(20)6-8(7-23-14)18-13(22)9-4-3-5-17-9/h8-9,11,17H,3-7,15H2,1-2H3,(H2,16,21)(H,18,22)/t8-,9-,11?/m0/s1. The van der Waals surface area contributed by atoms with Gasteiger partial charge in [-0.05, 0) is 33.2 Å². The highest BCUT2D eigenvalue weighted by Gasteiger charge is 2.42. The minimum absolute atomic E-state index is 0.00285. The Hall–Kier alpha value is -1.71. The zero-order valence-corrected chi connectivity index (χ0v) is 13.5. The Kier molecular flexibility index (Phi) is 5.23. The number of hydrogen-bond donors (Lipinski definition) is 4. The van der Waals surface area contributed by atoms with Crippen molar-refractivity contribution in [1.82, 2.24) is 15.5 Å². The average Bonchev–Trinajstić information content (AvgIpc) is 2.95. The van der Waals surface area contributed by atoms with E-state index >= 15 is 0 Å². The Balaban J connectivity index is 2.06. The summed E-state index contributed by atoms with van der Waals surface area (Å²) in [4.78, 5) is 37.1. The number of carbonyl (C=O) groups excluding carboxylic acids is 3. The van der Waals surface area contributed by atoms with Crippen LogP contribution < -0.4 is 22.1 Å². The Labute approximate surface area is 135 Å². The fourth-order valence-electron chi connectivity index (χ4n) is 2.96. The van der Waals surface area contributed by atoms with E-state index in [1.54, 1.807) is 13.8 Å². The Bertz CT molecular complexity index is 490. The molecule has 6 N–H and O–H groups in total. The van der Waals surface area contributed by atoms with E-state index in [1.807, 2.05) is 0 Å². The fraction of sp³-hybridized carbons (Fsp3) is 0.786. The van der Waals surface area contributed by atoms with Gasteiger partial charge in [0.15, 0.2) is 6.17 Å². The highest BCUT2D eigenvalue weighted by Crippen LogP contribution is 2.24. The molecule has 0 aliphatic carbocycles. The summed E-state index contributed by atoms with van der Waals surface area (Å²) >= 11 is 0. The first-order valence-electron chi connectivity index (χ1n) is 7.77. The van der Waals surface area contributed by atoms with Crippen LogP contribution >= 0.6 is 0 Å². The maximum absolute atomic E-state index is 12.5. The molecule has 3 atom stereocenters. The van der Waals surface area contributed by atoms with Crippen molar-refractivity contribution in [1.29, 1.82) is 0 Å². The van der Waals surface area contributed by atoms with E-state index in [4.69, 9.17) is 16.2 Å². The lowest BCUT2D eigenvalue weighted by Crippen LogP contribution is -2.61. The van der Waals surface area contributed by atoms with Crippen LogP contribution in [0, 0.1) is 0 Å². The minimum Gasteiger partial charge on any atom is -0.367 e. The smallest absolute Gasteiger partial charge is 0.255 e. The second kappa shape index (κ2) is 6.81. The number of carbonyl (C=O) groups is 3. The highest BCUT2D eigenvalue weighted by atomic mass is 16.5. The van der Waals surface area contributed by atoms with Crippen LogP contribution in [-0.2, 0) is 19.1 Å². The quantitative estimate of drug-likeness (QED) is 0.470. The summed E-state index contributed by atoms with van der Waals surface area (Å²) in [6.07, 6.45) is 0.454. The number of hydrogen-bond acceptors (Lipinski definition) is 6. The Morgan fingerprint density at radius 3 is 2.74 bits per heavy atom. The molecule has 2 rings (SSSR count). The number of nitrogens with two attached hydrogens (primary N) is 2. The van der Waals surface area contributed by atoms with Crippen molar-refractivity contribution in [3.63, 3.8) is 0 Å². The zero-order chi connectivity index (χ0) is 17.2. The Morgan fingerprint density at radius 1 is 1.48 bits per heavy atom. The second-order valence-corrected chi connectivity index (χ2v) is 6.43. The van der Waals surface area contributed by atoms with E-state index in [2.05, 4.69) is 10.6 Å². The first kappa shape index (κ1) is 17.6. The van der Waals surface area contributed by atoms with Gasteiger partial charge >= 0.3 is 0 Å². The number of nitrogens with one attached hydrogen (secondary N) is 2. The molecule has 130 valence electrons. The predicted octanol–water partition coefficient (Wildman–Crippen LogP) is -2.02. The molecule has 0 bridgehead atoms. The summed E-state index contributed by atoms with van der Waals surface area (Å²) in [7, 11) is 0. The van der Waals surface area contributed by atoms with Crippen molar-refractivity contribution in [2.75, 3.05) is 13.2 Å². The van der Waals surface area contributed by atoms with Crippen LogP contribution in [0.4, 0.5) is 0 Å². The molecule has 0 saturated carbocycles. The topological polar surface area (TPSA) is 140 Å². The van der Waals surface area contributed by atoms with E-state index in [-0.39, 0.29) is 30.9 Å². The minimum atomic E-state index is -1.27. The van der Waals surface area contributed by atoms with Crippen LogP contribution in [0.15, 0.2) is 0 Å². The lowest BCUT2D eigenvalue weighted by atomic mass is 10.1. The number of nitrogens with zero attached hydrogens (tertiary/aromatic N) is 1. The molecule has 23 heavy (non-hydrogen) atoms. The van der Waals surface area contributed by atoms with Crippen LogP contribution in [0.25, 0.3) is 0 Å². The van der Waals surface area contributed by atoms with Gasteiger partial charge in [-0.3, -0.25) is 19.3 Å². The monoisotopic (exact) mass is 327 g/mol. The van der Waals surface area contributed by atoms with Gasteiger partial charge in [-0.25, -0.2) is 0 Å². The van der Waals surface area contributed by atoms with Crippen LogP contribution in [0.3, 0.4) is 0 Å². The largest absolute Gasteiger partial charge is 0.367 e. The van der Waals surface area contributed by atoms with Crippen molar-refractivity contribution in [3.05, 3.63) is 0 Å². The first-order valence-corrected chi connectivity index (χ1v) is 7.77. The number of ether oxygens (including phenoxy) is 1. The SMILES string of the molecule is CC1(C)OC[C@@H](NC(=O)[C@@H]2CCCN2)CC(=O)N1C(N)C(N)=O. The van der Waals surface area contributed by atoms with E-state index in [0.717, 1.165) is 24.3 Å². The van der Waals surface area contributed by atoms with Gasteiger partial charge in [0.05, 0.1) is 18.7 Å². The summed E-state index contributed by atoms with van der Waals surface area (Å²) in [6.45, 7) is 4.23. The molecule has 2 aliphatic heterocycles. The van der Waals surface area contributed by atoms with Gasteiger partial charge in [-0.1, -0.05) is 0 Å². The molecule has 0 aromatic rings. The molecule has 0 aromatic heterocycles. The van der Waals surface area contributed by atoms with Crippen molar-refractivity contribution in [2.24, 2.45) is 11.5 Å². The third kappa shape index (κ3) is 3.98. The first-order chi connectivity index (χ1) is 10.7. The molecule has 0 spiro atoms. The summed E-state index contributed by atoms with van der Waals surface area (Å²) in [5.74, 6) is -1.34.